The zero-order valence-electron chi connectivity index (χ0n) is 13.2. The normalized spacial score (nSPS) is 10.8. The van der Waals surface area contributed by atoms with E-state index in [1.165, 1.54) is 11.1 Å². The maximum Gasteiger partial charge on any atom is 0.119 e. The summed E-state index contributed by atoms with van der Waals surface area (Å²) in [5.74, 6) is 0.929. The molecule has 0 spiro atoms. The van der Waals surface area contributed by atoms with Crippen molar-refractivity contribution in [2.45, 2.75) is 46.8 Å². The molecule has 0 unspecified atom stereocenters. The Morgan fingerprint density at radius 3 is 2.57 bits per heavy atom. The SMILES string of the molecule is CCCn1cc(CNCc2ccc(OCC)cc2)c(C)n1. The van der Waals surface area contributed by atoms with Gasteiger partial charge in [0.1, 0.15) is 5.75 Å². The first kappa shape index (κ1) is 15.6. The van der Waals surface area contributed by atoms with Gasteiger partial charge in [-0.3, -0.25) is 4.68 Å². The summed E-state index contributed by atoms with van der Waals surface area (Å²) in [6.45, 7) is 9.63. The maximum atomic E-state index is 5.44. The van der Waals surface area contributed by atoms with Gasteiger partial charge in [0.15, 0.2) is 0 Å². The average Bonchev–Trinajstić information content (AvgIpc) is 2.82. The summed E-state index contributed by atoms with van der Waals surface area (Å²) in [7, 11) is 0. The zero-order chi connectivity index (χ0) is 15.1. The molecule has 2 rings (SSSR count). The highest BCUT2D eigenvalue weighted by molar-refractivity contribution is 5.27. The van der Waals surface area contributed by atoms with Crippen LogP contribution in [0.25, 0.3) is 0 Å². The van der Waals surface area contributed by atoms with Crippen LogP contribution in [0, 0.1) is 6.92 Å². The molecule has 0 atom stereocenters. The van der Waals surface area contributed by atoms with E-state index in [0.717, 1.165) is 37.5 Å². The predicted molar refractivity (Wildman–Crippen MR) is 85.4 cm³/mol. The van der Waals surface area contributed by atoms with Crippen LogP contribution in [0.4, 0.5) is 0 Å². The molecule has 0 aliphatic carbocycles. The predicted octanol–water partition coefficient (Wildman–Crippen LogP) is 3.29. The molecule has 0 bridgehead atoms. The molecule has 0 radical (unpaired) electrons. The molecule has 4 heteroatoms. The van der Waals surface area contributed by atoms with Gasteiger partial charge in [-0.2, -0.15) is 5.10 Å². The van der Waals surface area contributed by atoms with Gasteiger partial charge < -0.3 is 10.1 Å². The van der Waals surface area contributed by atoms with Gasteiger partial charge in [0.2, 0.25) is 0 Å². The standard InChI is InChI=1S/C17H25N3O/c1-4-10-20-13-16(14(3)19-20)12-18-11-15-6-8-17(9-7-15)21-5-2/h6-9,13,18H,4-5,10-12H2,1-3H3. The second-order valence-electron chi connectivity index (χ2n) is 5.18. The molecule has 0 saturated heterocycles. The van der Waals surface area contributed by atoms with E-state index in [4.69, 9.17) is 4.74 Å². The highest BCUT2D eigenvalue weighted by Crippen LogP contribution is 2.12. The molecule has 114 valence electrons. The van der Waals surface area contributed by atoms with E-state index in [1.807, 2.05) is 23.7 Å². The second kappa shape index (κ2) is 7.84. The molecule has 1 aromatic heterocycles. The van der Waals surface area contributed by atoms with Crippen molar-refractivity contribution >= 4 is 0 Å². The highest BCUT2D eigenvalue weighted by Gasteiger charge is 2.04. The largest absolute Gasteiger partial charge is 0.494 e. The first-order chi connectivity index (χ1) is 10.2. The second-order valence-corrected chi connectivity index (χ2v) is 5.18. The van der Waals surface area contributed by atoms with Gasteiger partial charge in [-0.1, -0.05) is 19.1 Å². The Morgan fingerprint density at radius 2 is 1.90 bits per heavy atom. The van der Waals surface area contributed by atoms with E-state index in [0.29, 0.717) is 6.61 Å². The van der Waals surface area contributed by atoms with Gasteiger partial charge in [-0.25, -0.2) is 0 Å². The highest BCUT2D eigenvalue weighted by atomic mass is 16.5. The van der Waals surface area contributed by atoms with Crippen LogP contribution >= 0.6 is 0 Å². The number of rotatable bonds is 8. The minimum atomic E-state index is 0.707. The number of hydrogen-bond donors (Lipinski definition) is 1. The van der Waals surface area contributed by atoms with Gasteiger partial charge in [-0.15, -0.1) is 0 Å². The Labute approximate surface area is 127 Å². The van der Waals surface area contributed by atoms with E-state index < -0.39 is 0 Å². The molecule has 0 saturated carbocycles. The third-order valence-electron chi connectivity index (χ3n) is 3.38. The third-order valence-corrected chi connectivity index (χ3v) is 3.38. The van der Waals surface area contributed by atoms with Gasteiger partial charge in [-0.05, 0) is 38.0 Å². The zero-order valence-corrected chi connectivity index (χ0v) is 13.2. The number of aryl methyl sites for hydroxylation is 2. The first-order valence-electron chi connectivity index (χ1n) is 7.68. The molecule has 2 aromatic rings. The number of ether oxygens (including phenoxy) is 1. The van der Waals surface area contributed by atoms with Crippen LogP contribution in [0.1, 0.15) is 37.1 Å². The molecule has 4 nitrogen and oxygen atoms in total. The lowest BCUT2D eigenvalue weighted by molar-refractivity contribution is 0.340. The maximum absolute atomic E-state index is 5.44. The Bertz CT molecular complexity index is 546. The van der Waals surface area contributed by atoms with Crippen LogP contribution in [0.2, 0.25) is 0 Å². The molecule has 0 aliphatic rings. The molecule has 1 aromatic carbocycles. The Hall–Kier alpha value is -1.81. The van der Waals surface area contributed by atoms with E-state index in [2.05, 4.69) is 42.6 Å². The summed E-state index contributed by atoms with van der Waals surface area (Å²) in [6.07, 6.45) is 3.25. The Balaban J connectivity index is 1.83. The number of nitrogens with one attached hydrogen (secondary N) is 1. The lowest BCUT2D eigenvalue weighted by atomic mass is 10.2. The van der Waals surface area contributed by atoms with Crippen molar-refractivity contribution < 1.29 is 4.74 Å². The molecule has 0 amide bonds. The van der Waals surface area contributed by atoms with Crippen molar-refractivity contribution in [3.63, 3.8) is 0 Å². The van der Waals surface area contributed by atoms with Crippen molar-refractivity contribution in [1.82, 2.24) is 15.1 Å². The number of hydrogen-bond acceptors (Lipinski definition) is 3. The summed E-state index contributed by atoms with van der Waals surface area (Å²) < 4.78 is 7.48. The van der Waals surface area contributed by atoms with E-state index in [-0.39, 0.29) is 0 Å². The van der Waals surface area contributed by atoms with Crippen molar-refractivity contribution in [3.05, 3.63) is 47.3 Å². The van der Waals surface area contributed by atoms with Crippen LogP contribution in [0.15, 0.2) is 30.5 Å². The number of nitrogens with zero attached hydrogens (tertiary/aromatic N) is 2. The lowest BCUT2D eigenvalue weighted by Crippen LogP contribution is -2.12. The monoisotopic (exact) mass is 287 g/mol. The molecular formula is C17H25N3O. The van der Waals surface area contributed by atoms with Gasteiger partial charge in [0.05, 0.1) is 12.3 Å². The number of benzene rings is 1. The van der Waals surface area contributed by atoms with Crippen molar-refractivity contribution in [2.24, 2.45) is 0 Å². The number of aromatic nitrogens is 2. The minimum absolute atomic E-state index is 0.707. The Kier molecular flexibility index (Phi) is 5.81. The summed E-state index contributed by atoms with van der Waals surface area (Å²) in [5.41, 5.74) is 3.65. The summed E-state index contributed by atoms with van der Waals surface area (Å²) >= 11 is 0. The van der Waals surface area contributed by atoms with Crippen LogP contribution in [0.3, 0.4) is 0 Å². The van der Waals surface area contributed by atoms with E-state index in [1.54, 1.807) is 0 Å². The average molecular weight is 287 g/mol. The van der Waals surface area contributed by atoms with Crippen LogP contribution in [0.5, 0.6) is 5.75 Å². The fourth-order valence-electron chi connectivity index (χ4n) is 2.29. The van der Waals surface area contributed by atoms with Gasteiger partial charge in [0.25, 0.3) is 0 Å². The van der Waals surface area contributed by atoms with Crippen molar-refractivity contribution in [1.29, 1.82) is 0 Å². The topological polar surface area (TPSA) is 39.1 Å². The summed E-state index contributed by atoms with van der Waals surface area (Å²) in [5, 5.41) is 7.99. The quantitative estimate of drug-likeness (QED) is 0.809. The van der Waals surface area contributed by atoms with Crippen molar-refractivity contribution in [2.75, 3.05) is 6.61 Å². The molecule has 1 heterocycles. The van der Waals surface area contributed by atoms with Crippen molar-refractivity contribution in [3.8, 4) is 5.75 Å². The molecule has 0 fully saturated rings. The first-order valence-corrected chi connectivity index (χ1v) is 7.68. The summed E-state index contributed by atoms with van der Waals surface area (Å²) in [6, 6.07) is 8.24. The molecule has 1 N–H and O–H groups in total. The van der Waals surface area contributed by atoms with Gasteiger partial charge in [0, 0.05) is 31.4 Å². The summed E-state index contributed by atoms with van der Waals surface area (Å²) in [4.78, 5) is 0. The third kappa shape index (κ3) is 4.60. The van der Waals surface area contributed by atoms with Crippen LogP contribution in [-0.4, -0.2) is 16.4 Å². The fourth-order valence-corrected chi connectivity index (χ4v) is 2.29. The van der Waals surface area contributed by atoms with E-state index >= 15 is 0 Å². The molecule has 21 heavy (non-hydrogen) atoms. The van der Waals surface area contributed by atoms with Crippen LogP contribution < -0.4 is 10.1 Å². The molecular weight excluding hydrogens is 262 g/mol. The van der Waals surface area contributed by atoms with Gasteiger partial charge >= 0.3 is 0 Å². The molecule has 0 aliphatic heterocycles. The smallest absolute Gasteiger partial charge is 0.119 e. The van der Waals surface area contributed by atoms with Crippen LogP contribution in [-0.2, 0) is 19.6 Å². The minimum Gasteiger partial charge on any atom is -0.494 e. The van der Waals surface area contributed by atoms with E-state index in [9.17, 15) is 0 Å². The Morgan fingerprint density at radius 1 is 1.14 bits per heavy atom. The fraction of sp³-hybridized carbons (Fsp3) is 0.471. The lowest BCUT2D eigenvalue weighted by Gasteiger charge is -2.06.